The Morgan fingerprint density at radius 2 is 2.21 bits per heavy atom. The van der Waals surface area contributed by atoms with E-state index in [1.165, 1.54) is 10.7 Å². The number of aromatic nitrogens is 3. The van der Waals surface area contributed by atoms with Crippen LogP contribution in [0.5, 0.6) is 0 Å². The number of carboxylic acid groups (broad SMARTS) is 1. The van der Waals surface area contributed by atoms with Crippen LogP contribution in [0, 0.1) is 0 Å². The molecule has 0 spiro atoms. The lowest BCUT2D eigenvalue weighted by atomic mass is 10.0. The first-order valence-electron chi connectivity index (χ1n) is 5.82. The van der Waals surface area contributed by atoms with Gasteiger partial charge in [-0.05, 0) is 12.3 Å². The molecule has 7 heteroatoms. The Labute approximate surface area is 120 Å². The molecule has 0 radical (unpaired) electrons. The highest BCUT2D eigenvalue weighted by Gasteiger charge is 2.21. The molecule has 0 aliphatic heterocycles. The van der Waals surface area contributed by atoms with E-state index < -0.39 is 5.97 Å². The molecular formula is C12H13Cl2N3O2. The molecule has 0 aromatic carbocycles. The lowest BCUT2D eigenvalue weighted by Crippen LogP contribution is -2.09. The van der Waals surface area contributed by atoms with Gasteiger partial charge in [-0.15, -0.1) is 11.6 Å². The van der Waals surface area contributed by atoms with Crippen LogP contribution >= 0.6 is 23.2 Å². The molecule has 0 fully saturated rings. The van der Waals surface area contributed by atoms with Gasteiger partial charge < -0.3 is 5.11 Å². The zero-order valence-electron chi connectivity index (χ0n) is 10.5. The fraction of sp³-hybridized carbons (Fsp3) is 0.417. The van der Waals surface area contributed by atoms with Crippen LogP contribution in [0.15, 0.2) is 6.20 Å². The first-order chi connectivity index (χ1) is 8.97. The van der Waals surface area contributed by atoms with Gasteiger partial charge in [-0.25, -0.2) is 14.3 Å². The van der Waals surface area contributed by atoms with Gasteiger partial charge in [-0.1, -0.05) is 25.4 Å². The van der Waals surface area contributed by atoms with E-state index in [-0.39, 0.29) is 17.1 Å². The number of hydrogen-bond donors (Lipinski definition) is 1. The Morgan fingerprint density at radius 1 is 1.53 bits per heavy atom. The van der Waals surface area contributed by atoms with Gasteiger partial charge in [0.1, 0.15) is 10.7 Å². The van der Waals surface area contributed by atoms with Crippen molar-refractivity contribution >= 4 is 34.8 Å². The SMILES string of the molecule is CC(C)c1nc2c(C(=O)O)cnn2c(Cl)c1CCCl. The third kappa shape index (κ3) is 2.40. The van der Waals surface area contributed by atoms with Crippen LogP contribution in [0.2, 0.25) is 5.15 Å². The second kappa shape index (κ2) is 5.35. The van der Waals surface area contributed by atoms with Crippen LogP contribution in [0.3, 0.4) is 0 Å². The molecule has 2 aromatic heterocycles. The molecule has 19 heavy (non-hydrogen) atoms. The van der Waals surface area contributed by atoms with Gasteiger partial charge in [-0.2, -0.15) is 5.10 Å². The van der Waals surface area contributed by atoms with Gasteiger partial charge in [0.25, 0.3) is 0 Å². The number of nitrogens with zero attached hydrogens (tertiary/aromatic N) is 3. The number of fused-ring (bicyclic) bond motifs is 1. The van der Waals surface area contributed by atoms with Crippen molar-refractivity contribution in [2.75, 3.05) is 5.88 Å². The molecule has 102 valence electrons. The molecule has 0 amide bonds. The quantitative estimate of drug-likeness (QED) is 0.696. The van der Waals surface area contributed by atoms with Crippen molar-refractivity contribution in [1.29, 1.82) is 0 Å². The van der Waals surface area contributed by atoms with Gasteiger partial charge in [0.05, 0.1) is 11.9 Å². The minimum absolute atomic E-state index is 0.0428. The average molecular weight is 302 g/mol. The van der Waals surface area contributed by atoms with Crippen molar-refractivity contribution in [2.24, 2.45) is 0 Å². The Morgan fingerprint density at radius 3 is 2.74 bits per heavy atom. The molecule has 0 bridgehead atoms. The van der Waals surface area contributed by atoms with Crippen molar-refractivity contribution in [3.63, 3.8) is 0 Å². The molecule has 5 nitrogen and oxygen atoms in total. The van der Waals surface area contributed by atoms with Crippen LogP contribution in [0.4, 0.5) is 0 Å². The van der Waals surface area contributed by atoms with Crippen molar-refractivity contribution in [3.05, 3.63) is 28.2 Å². The van der Waals surface area contributed by atoms with Gasteiger partial charge in [0.15, 0.2) is 5.65 Å². The largest absolute Gasteiger partial charge is 0.477 e. The summed E-state index contributed by atoms with van der Waals surface area (Å²) in [5, 5.41) is 13.5. The van der Waals surface area contributed by atoms with E-state index in [0.29, 0.717) is 17.5 Å². The van der Waals surface area contributed by atoms with E-state index in [9.17, 15) is 4.79 Å². The summed E-state index contributed by atoms with van der Waals surface area (Å²) in [6.45, 7) is 3.95. The Hall–Kier alpha value is -1.33. The maximum atomic E-state index is 11.1. The molecular weight excluding hydrogens is 289 g/mol. The van der Waals surface area contributed by atoms with Crippen LogP contribution in [-0.2, 0) is 6.42 Å². The van der Waals surface area contributed by atoms with Crippen LogP contribution < -0.4 is 0 Å². The predicted molar refractivity (Wildman–Crippen MR) is 73.5 cm³/mol. The number of carbonyl (C=O) groups is 1. The normalized spacial score (nSPS) is 11.4. The highest BCUT2D eigenvalue weighted by atomic mass is 35.5. The van der Waals surface area contributed by atoms with E-state index in [4.69, 9.17) is 28.3 Å². The maximum Gasteiger partial charge on any atom is 0.341 e. The minimum atomic E-state index is -1.07. The first-order valence-corrected chi connectivity index (χ1v) is 6.73. The van der Waals surface area contributed by atoms with Crippen molar-refractivity contribution in [2.45, 2.75) is 26.2 Å². The zero-order chi connectivity index (χ0) is 14.2. The predicted octanol–water partition coefficient (Wildman–Crippen LogP) is 2.99. The number of halogens is 2. The van der Waals surface area contributed by atoms with Crippen molar-refractivity contribution in [1.82, 2.24) is 14.6 Å². The van der Waals surface area contributed by atoms with Gasteiger partial charge in [-0.3, -0.25) is 0 Å². The number of aromatic carboxylic acids is 1. The van der Waals surface area contributed by atoms with Crippen LogP contribution in [0.1, 0.15) is 41.4 Å². The number of rotatable bonds is 4. The molecule has 0 aliphatic rings. The first kappa shape index (κ1) is 14.1. The smallest absolute Gasteiger partial charge is 0.341 e. The third-order valence-electron chi connectivity index (χ3n) is 2.84. The van der Waals surface area contributed by atoms with E-state index in [0.717, 1.165) is 11.3 Å². The Kier molecular flexibility index (Phi) is 3.96. The van der Waals surface area contributed by atoms with Crippen LogP contribution in [-0.4, -0.2) is 31.6 Å². The summed E-state index contributed by atoms with van der Waals surface area (Å²) in [6.07, 6.45) is 1.82. The van der Waals surface area contributed by atoms with Gasteiger partial charge >= 0.3 is 5.97 Å². The summed E-state index contributed by atoms with van der Waals surface area (Å²) in [7, 11) is 0. The topological polar surface area (TPSA) is 67.5 Å². The zero-order valence-corrected chi connectivity index (χ0v) is 12.0. The number of alkyl halides is 1. The second-order valence-corrected chi connectivity index (χ2v) is 5.19. The summed E-state index contributed by atoms with van der Waals surface area (Å²) in [6, 6.07) is 0. The lowest BCUT2D eigenvalue weighted by molar-refractivity contribution is 0.0698. The third-order valence-corrected chi connectivity index (χ3v) is 3.41. The second-order valence-electron chi connectivity index (χ2n) is 4.46. The summed E-state index contributed by atoms with van der Waals surface area (Å²) in [5.41, 5.74) is 1.89. The highest BCUT2D eigenvalue weighted by molar-refractivity contribution is 6.30. The Bertz CT molecular complexity index is 637. The molecule has 2 rings (SSSR count). The van der Waals surface area contributed by atoms with Crippen molar-refractivity contribution in [3.8, 4) is 0 Å². The summed E-state index contributed by atoms with van der Waals surface area (Å²) in [4.78, 5) is 15.5. The van der Waals surface area contributed by atoms with Gasteiger partial charge in [0, 0.05) is 11.4 Å². The summed E-state index contributed by atoms with van der Waals surface area (Å²) >= 11 is 12.1. The molecule has 0 unspecified atom stereocenters. The molecule has 0 aliphatic carbocycles. The van der Waals surface area contributed by atoms with Gasteiger partial charge in [0.2, 0.25) is 0 Å². The van der Waals surface area contributed by atoms with E-state index in [2.05, 4.69) is 10.1 Å². The van der Waals surface area contributed by atoms with Crippen molar-refractivity contribution < 1.29 is 9.90 Å². The summed E-state index contributed by atoms with van der Waals surface area (Å²) < 4.78 is 1.35. The average Bonchev–Trinajstić information content (AvgIpc) is 2.76. The fourth-order valence-corrected chi connectivity index (χ4v) is 2.47. The number of carboxylic acids is 1. The Balaban J connectivity index is 2.79. The molecule has 2 aromatic rings. The minimum Gasteiger partial charge on any atom is -0.477 e. The highest BCUT2D eigenvalue weighted by Crippen LogP contribution is 2.27. The fourth-order valence-electron chi connectivity index (χ4n) is 1.96. The summed E-state index contributed by atoms with van der Waals surface area (Å²) in [5.74, 6) is -0.532. The molecule has 2 heterocycles. The maximum absolute atomic E-state index is 11.1. The number of hydrogen-bond acceptors (Lipinski definition) is 3. The molecule has 1 N–H and O–H groups in total. The van der Waals surface area contributed by atoms with E-state index in [1.54, 1.807) is 0 Å². The van der Waals surface area contributed by atoms with E-state index >= 15 is 0 Å². The monoisotopic (exact) mass is 301 g/mol. The molecule has 0 saturated carbocycles. The molecule has 0 atom stereocenters. The van der Waals surface area contributed by atoms with Crippen LogP contribution in [0.25, 0.3) is 5.65 Å². The lowest BCUT2D eigenvalue weighted by Gasteiger charge is -2.13. The molecule has 0 saturated heterocycles. The standard InChI is InChI=1S/C12H13Cl2N3O2/c1-6(2)9-7(3-4-13)10(14)17-11(16-9)8(5-15-17)12(18)19/h5-6H,3-4H2,1-2H3,(H,18,19). The van der Waals surface area contributed by atoms with E-state index in [1.807, 2.05) is 13.8 Å².